The molecule has 4 aromatic rings. The SMILES string of the molecule is COC(=O)c1ccc(Nc2ncnc3sc(C)c(-c4ccc(C)cc4)c23)cc1. The second-order valence-electron chi connectivity index (χ2n) is 6.50. The first-order valence-corrected chi connectivity index (χ1v) is 9.65. The Labute approximate surface area is 167 Å². The van der Waals surface area contributed by atoms with Crippen LogP contribution >= 0.6 is 11.3 Å². The van der Waals surface area contributed by atoms with Crippen LogP contribution < -0.4 is 5.32 Å². The number of carbonyl (C=O) groups excluding carboxylic acids is 1. The minimum absolute atomic E-state index is 0.355. The van der Waals surface area contributed by atoms with Crippen LogP contribution in [0.15, 0.2) is 54.9 Å². The molecule has 2 aromatic heterocycles. The minimum Gasteiger partial charge on any atom is -0.465 e. The number of ether oxygens (including phenoxy) is 1. The van der Waals surface area contributed by atoms with E-state index in [0.29, 0.717) is 5.56 Å². The number of nitrogens with zero attached hydrogens (tertiary/aromatic N) is 2. The topological polar surface area (TPSA) is 64.1 Å². The van der Waals surface area contributed by atoms with Crippen molar-refractivity contribution in [1.82, 2.24) is 9.97 Å². The number of aryl methyl sites for hydroxylation is 2. The van der Waals surface area contributed by atoms with Crippen molar-refractivity contribution in [2.75, 3.05) is 12.4 Å². The van der Waals surface area contributed by atoms with Gasteiger partial charge in [0.1, 0.15) is 17.0 Å². The highest BCUT2D eigenvalue weighted by atomic mass is 32.1. The standard InChI is InChI=1S/C22H19N3O2S/c1-13-4-6-15(7-5-13)18-14(2)28-21-19(18)20(23-12-24-21)25-17-10-8-16(9-11-17)22(26)27-3/h4-12H,1-3H3,(H,23,24,25). The van der Waals surface area contributed by atoms with Crippen molar-refractivity contribution in [3.8, 4) is 11.1 Å². The van der Waals surface area contributed by atoms with Gasteiger partial charge in [0.15, 0.2) is 0 Å². The molecule has 0 radical (unpaired) electrons. The predicted molar refractivity (Wildman–Crippen MR) is 113 cm³/mol. The Morgan fingerprint density at radius 3 is 2.39 bits per heavy atom. The summed E-state index contributed by atoms with van der Waals surface area (Å²) in [6.45, 7) is 4.19. The molecule has 2 aromatic carbocycles. The summed E-state index contributed by atoms with van der Waals surface area (Å²) in [4.78, 5) is 22.7. The number of fused-ring (bicyclic) bond motifs is 1. The van der Waals surface area contributed by atoms with Gasteiger partial charge in [-0.1, -0.05) is 29.8 Å². The van der Waals surface area contributed by atoms with Gasteiger partial charge in [-0.2, -0.15) is 0 Å². The number of thiophene rings is 1. The molecule has 28 heavy (non-hydrogen) atoms. The van der Waals surface area contributed by atoms with E-state index in [1.807, 2.05) is 12.1 Å². The third kappa shape index (κ3) is 3.34. The number of rotatable bonds is 4. The van der Waals surface area contributed by atoms with Crippen molar-refractivity contribution >= 4 is 39.0 Å². The maximum atomic E-state index is 11.6. The van der Waals surface area contributed by atoms with Crippen molar-refractivity contribution in [3.63, 3.8) is 0 Å². The Bertz CT molecular complexity index is 1150. The first-order chi connectivity index (χ1) is 13.6. The van der Waals surface area contributed by atoms with Crippen molar-refractivity contribution < 1.29 is 9.53 Å². The van der Waals surface area contributed by atoms with E-state index in [-0.39, 0.29) is 5.97 Å². The van der Waals surface area contributed by atoms with Gasteiger partial charge in [0.05, 0.1) is 18.1 Å². The maximum absolute atomic E-state index is 11.6. The third-order valence-corrected chi connectivity index (χ3v) is 5.59. The lowest BCUT2D eigenvalue weighted by atomic mass is 10.0. The molecular formula is C22H19N3O2S. The van der Waals surface area contributed by atoms with E-state index in [4.69, 9.17) is 4.74 Å². The monoisotopic (exact) mass is 389 g/mol. The number of benzene rings is 2. The average Bonchev–Trinajstić information content (AvgIpc) is 3.05. The summed E-state index contributed by atoms with van der Waals surface area (Å²) in [5, 5.41) is 4.37. The summed E-state index contributed by atoms with van der Waals surface area (Å²) in [6.07, 6.45) is 1.57. The molecule has 0 unspecified atom stereocenters. The number of carbonyl (C=O) groups is 1. The summed E-state index contributed by atoms with van der Waals surface area (Å²) in [7, 11) is 1.37. The van der Waals surface area contributed by atoms with Gasteiger partial charge < -0.3 is 10.1 Å². The molecule has 0 spiro atoms. The van der Waals surface area contributed by atoms with Crippen molar-refractivity contribution in [3.05, 3.63) is 70.9 Å². The van der Waals surface area contributed by atoms with Crippen LogP contribution in [0.5, 0.6) is 0 Å². The number of methoxy groups -OCH3 is 1. The molecule has 5 nitrogen and oxygen atoms in total. The number of anilines is 2. The number of hydrogen-bond donors (Lipinski definition) is 1. The molecule has 6 heteroatoms. The summed E-state index contributed by atoms with van der Waals surface area (Å²) in [6, 6.07) is 15.6. The van der Waals surface area contributed by atoms with E-state index in [0.717, 1.165) is 32.8 Å². The van der Waals surface area contributed by atoms with E-state index in [1.54, 1.807) is 29.8 Å². The molecule has 0 aliphatic carbocycles. The Morgan fingerprint density at radius 2 is 1.71 bits per heavy atom. The van der Waals surface area contributed by atoms with Crippen molar-refractivity contribution in [1.29, 1.82) is 0 Å². The van der Waals surface area contributed by atoms with Gasteiger partial charge in [-0.25, -0.2) is 14.8 Å². The average molecular weight is 389 g/mol. The van der Waals surface area contributed by atoms with E-state index in [1.165, 1.54) is 17.6 Å². The zero-order valence-corrected chi connectivity index (χ0v) is 16.6. The molecule has 0 bridgehead atoms. The second-order valence-corrected chi connectivity index (χ2v) is 7.70. The second kappa shape index (κ2) is 7.40. The molecule has 2 heterocycles. The normalized spacial score (nSPS) is 10.8. The van der Waals surface area contributed by atoms with Gasteiger partial charge in [0.2, 0.25) is 0 Å². The molecule has 0 saturated carbocycles. The molecule has 0 amide bonds. The first-order valence-electron chi connectivity index (χ1n) is 8.83. The summed E-state index contributed by atoms with van der Waals surface area (Å²) in [5.41, 5.74) is 4.86. The molecule has 4 rings (SSSR count). The third-order valence-electron chi connectivity index (χ3n) is 4.57. The first kappa shape index (κ1) is 18.1. The van der Waals surface area contributed by atoms with Gasteiger partial charge in [-0.3, -0.25) is 0 Å². The van der Waals surface area contributed by atoms with Crippen LogP contribution in [-0.4, -0.2) is 23.0 Å². The quantitative estimate of drug-likeness (QED) is 0.467. The fourth-order valence-electron chi connectivity index (χ4n) is 3.15. The highest BCUT2D eigenvalue weighted by Gasteiger charge is 2.17. The van der Waals surface area contributed by atoms with Crippen LogP contribution in [0.4, 0.5) is 11.5 Å². The summed E-state index contributed by atoms with van der Waals surface area (Å²) >= 11 is 1.66. The van der Waals surface area contributed by atoms with E-state index in [9.17, 15) is 4.79 Å². The molecule has 0 atom stereocenters. The Balaban J connectivity index is 1.77. The Hall–Kier alpha value is -3.25. The lowest BCUT2D eigenvalue weighted by Crippen LogP contribution is -2.01. The zero-order chi connectivity index (χ0) is 19.7. The molecule has 140 valence electrons. The van der Waals surface area contributed by atoms with E-state index in [2.05, 4.69) is 53.4 Å². The van der Waals surface area contributed by atoms with Gasteiger partial charge >= 0.3 is 5.97 Å². The minimum atomic E-state index is -0.355. The molecular weight excluding hydrogens is 370 g/mol. The van der Waals surface area contributed by atoms with Crippen molar-refractivity contribution in [2.24, 2.45) is 0 Å². The molecule has 0 aliphatic heterocycles. The van der Waals surface area contributed by atoms with Crippen LogP contribution in [0.3, 0.4) is 0 Å². The number of aromatic nitrogens is 2. The van der Waals surface area contributed by atoms with Crippen LogP contribution in [0, 0.1) is 13.8 Å². The van der Waals surface area contributed by atoms with Gasteiger partial charge in [-0.05, 0) is 43.7 Å². The summed E-state index contributed by atoms with van der Waals surface area (Å²) in [5.74, 6) is 0.391. The molecule has 0 aliphatic rings. The number of nitrogens with one attached hydrogen (secondary N) is 1. The van der Waals surface area contributed by atoms with Crippen molar-refractivity contribution in [2.45, 2.75) is 13.8 Å². The van der Waals surface area contributed by atoms with Gasteiger partial charge in [0, 0.05) is 16.1 Å². The lowest BCUT2D eigenvalue weighted by Gasteiger charge is -2.10. The molecule has 0 saturated heterocycles. The Kier molecular flexibility index (Phi) is 4.79. The van der Waals surface area contributed by atoms with Crippen LogP contribution in [0.25, 0.3) is 21.3 Å². The maximum Gasteiger partial charge on any atom is 0.337 e. The number of hydrogen-bond acceptors (Lipinski definition) is 6. The predicted octanol–water partition coefficient (Wildman–Crippen LogP) is 5.51. The Morgan fingerprint density at radius 1 is 1.00 bits per heavy atom. The highest BCUT2D eigenvalue weighted by Crippen LogP contribution is 2.41. The van der Waals surface area contributed by atoms with E-state index < -0.39 is 0 Å². The molecule has 1 N–H and O–H groups in total. The zero-order valence-electron chi connectivity index (χ0n) is 15.8. The van der Waals surface area contributed by atoms with Gasteiger partial charge in [-0.15, -0.1) is 11.3 Å². The fourth-order valence-corrected chi connectivity index (χ4v) is 4.16. The van der Waals surface area contributed by atoms with Crippen LogP contribution in [-0.2, 0) is 4.74 Å². The smallest absolute Gasteiger partial charge is 0.337 e. The number of esters is 1. The fraction of sp³-hybridized carbons (Fsp3) is 0.136. The van der Waals surface area contributed by atoms with Crippen LogP contribution in [0.2, 0.25) is 0 Å². The van der Waals surface area contributed by atoms with Gasteiger partial charge in [0.25, 0.3) is 0 Å². The lowest BCUT2D eigenvalue weighted by molar-refractivity contribution is 0.0601. The highest BCUT2D eigenvalue weighted by molar-refractivity contribution is 7.19. The van der Waals surface area contributed by atoms with Crippen LogP contribution in [0.1, 0.15) is 20.8 Å². The largest absolute Gasteiger partial charge is 0.465 e. The summed E-state index contributed by atoms with van der Waals surface area (Å²) < 4.78 is 4.75. The molecule has 0 fully saturated rings. The van der Waals surface area contributed by atoms with E-state index >= 15 is 0 Å².